The number of pyridine rings is 1. The van der Waals surface area contributed by atoms with E-state index >= 15 is 0 Å². The largest absolute Gasteiger partial charge is 0.378 e. The van der Waals surface area contributed by atoms with E-state index in [1.54, 1.807) is 4.90 Å². The van der Waals surface area contributed by atoms with Crippen molar-refractivity contribution in [2.45, 2.75) is 0 Å². The molecule has 0 atom stereocenters. The molecule has 2 heterocycles. The van der Waals surface area contributed by atoms with Gasteiger partial charge in [0.05, 0.1) is 13.2 Å². The molecule has 0 saturated carbocycles. The third-order valence-corrected chi connectivity index (χ3v) is 3.64. The number of ether oxygens (including phenoxy) is 1. The molecule has 124 valence electrons. The Bertz CT molecular complexity index is 743. The van der Waals surface area contributed by atoms with Crippen LogP contribution in [0.2, 0.25) is 0 Å². The lowest BCUT2D eigenvalue weighted by atomic mass is 10.2. The van der Waals surface area contributed by atoms with Crippen molar-refractivity contribution >= 4 is 17.5 Å². The molecule has 0 bridgehead atoms. The van der Waals surface area contributed by atoms with Crippen LogP contribution in [-0.4, -0.2) is 48.0 Å². The van der Waals surface area contributed by atoms with Crippen LogP contribution in [0.25, 0.3) is 0 Å². The van der Waals surface area contributed by atoms with Gasteiger partial charge in [-0.05, 0) is 36.4 Å². The summed E-state index contributed by atoms with van der Waals surface area (Å²) >= 11 is 0. The lowest BCUT2D eigenvalue weighted by Crippen LogP contribution is -2.41. The van der Waals surface area contributed by atoms with Crippen molar-refractivity contribution in [2.24, 2.45) is 0 Å². The summed E-state index contributed by atoms with van der Waals surface area (Å²) < 4.78 is 18.1. The third-order valence-electron chi connectivity index (χ3n) is 3.64. The van der Waals surface area contributed by atoms with Gasteiger partial charge in [0.25, 0.3) is 11.8 Å². The van der Waals surface area contributed by atoms with Gasteiger partial charge < -0.3 is 15.0 Å². The molecule has 1 saturated heterocycles. The van der Waals surface area contributed by atoms with Gasteiger partial charge in [-0.15, -0.1) is 0 Å². The smallest absolute Gasteiger partial charge is 0.272 e. The normalized spacial score (nSPS) is 14.3. The zero-order valence-electron chi connectivity index (χ0n) is 12.9. The molecule has 0 radical (unpaired) electrons. The molecule has 2 amide bonds. The number of amides is 2. The maximum Gasteiger partial charge on any atom is 0.272 e. The highest BCUT2D eigenvalue weighted by Gasteiger charge is 2.20. The molecule has 1 aliphatic heterocycles. The first-order chi connectivity index (χ1) is 11.6. The Morgan fingerprint density at radius 3 is 2.54 bits per heavy atom. The lowest BCUT2D eigenvalue weighted by Gasteiger charge is -2.26. The minimum absolute atomic E-state index is 0.212. The van der Waals surface area contributed by atoms with Gasteiger partial charge in [0, 0.05) is 30.5 Å². The lowest BCUT2D eigenvalue weighted by molar-refractivity contribution is 0.0299. The van der Waals surface area contributed by atoms with Crippen LogP contribution in [0.4, 0.5) is 10.1 Å². The number of morpholine rings is 1. The van der Waals surface area contributed by atoms with Crippen LogP contribution >= 0.6 is 0 Å². The summed E-state index contributed by atoms with van der Waals surface area (Å²) in [6, 6.07) is 8.43. The van der Waals surface area contributed by atoms with Crippen molar-refractivity contribution in [1.82, 2.24) is 9.88 Å². The summed E-state index contributed by atoms with van der Waals surface area (Å²) in [6.07, 6.45) is 1.42. The first kappa shape index (κ1) is 16.1. The van der Waals surface area contributed by atoms with E-state index in [9.17, 15) is 14.0 Å². The van der Waals surface area contributed by atoms with E-state index in [1.807, 2.05) is 0 Å². The minimum Gasteiger partial charge on any atom is -0.378 e. The Labute approximate surface area is 138 Å². The number of nitrogens with zero attached hydrogens (tertiary/aromatic N) is 2. The van der Waals surface area contributed by atoms with Gasteiger partial charge in [-0.1, -0.05) is 0 Å². The predicted molar refractivity (Wildman–Crippen MR) is 85.3 cm³/mol. The molecule has 0 unspecified atom stereocenters. The number of carbonyl (C=O) groups excluding carboxylic acids is 2. The molecule has 1 aliphatic rings. The van der Waals surface area contributed by atoms with E-state index in [0.717, 1.165) is 0 Å². The van der Waals surface area contributed by atoms with Gasteiger partial charge in [0.2, 0.25) is 0 Å². The van der Waals surface area contributed by atoms with Gasteiger partial charge in [-0.2, -0.15) is 0 Å². The highest BCUT2D eigenvalue weighted by Crippen LogP contribution is 2.12. The van der Waals surface area contributed by atoms with E-state index < -0.39 is 0 Å². The van der Waals surface area contributed by atoms with Crippen LogP contribution in [0.5, 0.6) is 0 Å². The quantitative estimate of drug-likeness (QED) is 0.934. The molecule has 0 spiro atoms. The van der Waals surface area contributed by atoms with Gasteiger partial charge in [0.1, 0.15) is 11.5 Å². The highest BCUT2D eigenvalue weighted by atomic mass is 19.1. The predicted octanol–water partition coefficient (Wildman–Crippen LogP) is 1.95. The standard InChI is InChI=1S/C17H16FN3O3/c18-13-1-3-14(4-2-13)20-16(22)12-5-6-19-15(11-12)17(23)21-7-9-24-10-8-21/h1-6,11H,7-10H2,(H,20,22). The fourth-order valence-corrected chi connectivity index (χ4v) is 2.35. The van der Waals surface area contributed by atoms with Gasteiger partial charge in [-0.25, -0.2) is 4.39 Å². The van der Waals surface area contributed by atoms with Crippen molar-refractivity contribution in [3.63, 3.8) is 0 Å². The molecule has 7 heteroatoms. The number of hydrogen-bond acceptors (Lipinski definition) is 4. The molecule has 24 heavy (non-hydrogen) atoms. The van der Waals surface area contributed by atoms with Crippen molar-refractivity contribution < 1.29 is 18.7 Å². The number of carbonyl (C=O) groups is 2. The van der Waals surface area contributed by atoms with Crippen LogP contribution in [-0.2, 0) is 4.74 Å². The molecular weight excluding hydrogens is 313 g/mol. The second-order valence-corrected chi connectivity index (χ2v) is 5.30. The third kappa shape index (κ3) is 3.75. The average Bonchev–Trinajstić information content (AvgIpc) is 2.64. The van der Waals surface area contributed by atoms with Gasteiger partial charge in [-0.3, -0.25) is 14.6 Å². The van der Waals surface area contributed by atoms with Crippen molar-refractivity contribution in [2.75, 3.05) is 31.6 Å². The maximum atomic E-state index is 12.9. The molecule has 0 aliphatic carbocycles. The number of aromatic nitrogens is 1. The first-order valence-electron chi connectivity index (χ1n) is 7.53. The van der Waals surface area contributed by atoms with E-state index in [0.29, 0.717) is 37.6 Å². The number of benzene rings is 1. The van der Waals surface area contributed by atoms with Crippen LogP contribution in [0, 0.1) is 5.82 Å². The number of anilines is 1. The SMILES string of the molecule is O=C(Nc1ccc(F)cc1)c1ccnc(C(=O)N2CCOCC2)c1. The van der Waals surface area contributed by atoms with Crippen molar-refractivity contribution in [1.29, 1.82) is 0 Å². The Hall–Kier alpha value is -2.80. The summed E-state index contributed by atoms with van der Waals surface area (Å²) in [7, 11) is 0. The minimum atomic E-state index is -0.389. The highest BCUT2D eigenvalue weighted by molar-refractivity contribution is 6.05. The monoisotopic (exact) mass is 329 g/mol. The zero-order valence-corrected chi connectivity index (χ0v) is 12.9. The van der Waals surface area contributed by atoms with E-state index in [1.165, 1.54) is 42.6 Å². The molecular formula is C17H16FN3O3. The molecule has 1 N–H and O–H groups in total. The van der Waals surface area contributed by atoms with E-state index in [4.69, 9.17) is 4.74 Å². The van der Waals surface area contributed by atoms with Gasteiger partial charge >= 0.3 is 0 Å². The summed E-state index contributed by atoms with van der Waals surface area (Å²) in [5.74, 6) is -0.995. The maximum absolute atomic E-state index is 12.9. The summed E-state index contributed by atoms with van der Waals surface area (Å²) in [4.78, 5) is 30.4. The van der Waals surface area contributed by atoms with Crippen LogP contribution in [0.3, 0.4) is 0 Å². The second kappa shape index (κ2) is 7.18. The fraction of sp³-hybridized carbons (Fsp3) is 0.235. The Kier molecular flexibility index (Phi) is 4.81. The summed E-state index contributed by atoms with van der Waals surface area (Å²) in [5.41, 5.74) is 0.994. The molecule has 1 aromatic carbocycles. The summed E-state index contributed by atoms with van der Waals surface area (Å²) in [6.45, 7) is 2.01. The van der Waals surface area contributed by atoms with E-state index in [-0.39, 0.29) is 23.3 Å². The van der Waals surface area contributed by atoms with E-state index in [2.05, 4.69) is 10.3 Å². The number of nitrogens with one attached hydrogen (secondary N) is 1. The molecule has 1 aromatic heterocycles. The average molecular weight is 329 g/mol. The Balaban J connectivity index is 1.73. The molecule has 3 rings (SSSR count). The number of halogens is 1. The zero-order chi connectivity index (χ0) is 16.9. The first-order valence-corrected chi connectivity index (χ1v) is 7.53. The van der Waals surface area contributed by atoms with Crippen LogP contribution in [0.15, 0.2) is 42.6 Å². The second-order valence-electron chi connectivity index (χ2n) is 5.30. The Morgan fingerprint density at radius 2 is 1.83 bits per heavy atom. The van der Waals surface area contributed by atoms with Crippen LogP contribution in [0.1, 0.15) is 20.8 Å². The van der Waals surface area contributed by atoms with Crippen molar-refractivity contribution in [3.8, 4) is 0 Å². The molecule has 1 fully saturated rings. The molecule has 2 aromatic rings. The Morgan fingerprint density at radius 1 is 1.12 bits per heavy atom. The fourth-order valence-electron chi connectivity index (χ4n) is 2.35. The van der Waals surface area contributed by atoms with Gasteiger partial charge in [0.15, 0.2) is 0 Å². The molecule has 6 nitrogen and oxygen atoms in total. The number of hydrogen-bond donors (Lipinski definition) is 1. The van der Waals surface area contributed by atoms with Crippen LogP contribution < -0.4 is 5.32 Å². The summed E-state index contributed by atoms with van der Waals surface area (Å²) in [5, 5.41) is 2.65. The van der Waals surface area contributed by atoms with Crippen molar-refractivity contribution in [3.05, 3.63) is 59.7 Å². The topological polar surface area (TPSA) is 71.5 Å². The number of rotatable bonds is 3.